The summed E-state index contributed by atoms with van der Waals surface area (Å²) in [5, 5.41) is 1.08. The van der Waals surface area contributed by atoms with Gasteiger partial charge in [-0.15, -0.1) is 11.3 Å². The fourth-order valence-electron chi connectivity index (χ4n) is 1.74. The van der Waals surface area contributed by atoms with Crippen LogP contribution >= 0.6 is 11.3 Å². The Balaban J connectivity index is 2.26. The molecule has 4 heteroatoms. The second kappa shape index (κ2) is 3.30. The van der Waals surface area contributed by atoms with E-state index in [2.05, 4.69) is 18.8 Å². The van der Waals surface area contributed by atoms with Crippen molar-refractivity contribution < 1.29 is 9.53 Å². The summed E-state index contributed by atoms with van der Waals surface area (Å²) in [6.45, 7) is 6.32. The minimum atomic E-state index is -0.269. The molecular formula is C11H15NO2S. The SMILES string of the molecule is COC(=O)c1sc(C2CC2(C)C)nc1C. The number of methoxy groups -OCH3 is 1. The Kier molecular flexibility index (Phi) is 2.34. The molecule has 0 aliphatic heterocycles. The van der Waals surface area contributed by atoms with Crippen molar-refractivity contribution in [1.82, 2.24) is 4.98 Å². The van der Waals surface area contributed by atoms with Crippen LogP contribution in [0.4, 0.5) is 0 Å². The van der Waals surface area contributed by atoms with Crippen molar-refractivity contribution >= 4 is 17.3 Å². The Morgan fingerprint density at radius 3 is 2.67 bits per heavy atom. The zero-order valence-corrected chi connectivity index (χ0v) is 10.3. The lowest BCUT2D eigenvalue weighted by molar-refractivity contribution is 0.0605. The van der Waals surface area contributed by atoms with Crippen LogP contribution in [-0.2, 0) is 4.74 Å². The second-order valence-electron chi connectivity index (χ2n) is 4.70. The van der Waals surface area contributed by atoms with Gasteiger partial charge in [-0.2, -0.15) is 0 Å². The molecule has 0 spiro atoms. The maximum atomic E-state index is 11.4. The number of carbonyl (C=O) groups is 1. The molecule has 82 valence electrons. The normalized spacial score (nSPS) is 22.5. The lowest BCUT2D eigenvalue weighted by atomic mass is 10.1. The average molecular weight is 225 g/mol. The average Bonchev–Trinajstić information content (AvgIpc) is 2.64. The van der Waals surface area contributed by atoms with Gasteiger partial charge in [0.15, 0.2) is 0 Å². The van der Waals surface area contributed by atoms with Crippen LogP contribution in [0.2, 0.25) is 0 Å². The van der Waals surface area contributed by atoms with Gasteiger partial charge in [0.25, 0.3) is 0 Å². The van der Waals surface area contributed by atoms with Crippen molar-refractivity contribution in [1.29, 1.82) is 0 Å². The van der Waals surface area contributed by atoms with Crippen molar-refractivity contribution in [2.24, 2.45) is 5.41 Å². The Hall–Kier alpha value is -0.900. The molecule has 0 saturated heterocycles. The molecule has 1 aromatic rings. The molecule has 1 aliphatic carbocycles. The molecule has 0 bridgehead atoms. The first-order valence-corrected chi connectivity index (χ1v) is 5.83. The largest absolute Gasteiger partial charge is 0.465 e. The van der Waals surface area contributed by atoms with Gasteiger partial charge in [0.2, 0.25) is 0 Å². The van der Waals surface area contributed by atoms with Crippen LogP contribution < -0.4 is 0 Å². The first kappa shape index (κ1) is 10.6. The Labute approximate surface area is 93.5 Å². The van der Waals surface area contributed by atoms with E-state index in [9.17, 15) is 4.79 Å². The van der Waals surface area contributed by atoms with Crippen molar-refractivity contribution in [3.8, 4) is 0 Å². The number of hydrogen-bond acceptors (Lipinski definition) is 4. The van der Waals surface area contributed by atoms with Gasteiger partial charge in [0.05, 0.1) is 17.8 Å². The van der Waals surface area contributed by atoms with E-state index in [-0.39, 0.29) is 5.97 Å². The third-order valence-corrected chi connectivity index (χ3v) is 4.25. The van der Waals surface area contributed by atoms with Crippen LogP contribution in [0.3, 0.4) is 0 Å². The van der Waals surface area contributed by atoms with Crippen molar-refractivity contribution in [3.63, 3.8) is 0 Å². The molecule has 1 unspecified atom stereocenters. The Morgan fingerprint density at radius 1 is 1.60 bits per heavy atom. The van der Waals surface area contributed by atoms with Crippen molar-refractivity contribution in [3.05, 3.63) is 15.6 Å². The highest BCUT2D eigenvalue weighted by molar-refractivity contribution is 7.13. The zero-order valence-electron chi connectivity index (χ0n) is 9.46. The van der Waals surface area contributed by atoms with Gasteiger partial charge in [0.1, 0.15) is 4.88 Å². The fourth-order valence-corrected chi connectivity index (χ4v) is 3.03. The Morgan fingerprint density at radius 2 is 2.20 bits per heavy atom. The third kappa shape index (κ3) is 1.78. The zero-order chi connectivity index (χ0) is 11.2. The number of nitrogens with zero attached hydrogens (tertiary/aromatic N) is 1. The summed E-state index contributed by atoms with van der Waals surface area (Å²) in [5.41, 5.74) is 1.15. The summed E-state index contributed by atoms with van der Waals surface area (Å²) < 4.78 is 4.71. The monoisotopic (exact) mass is 225 g/mol. The summed E-state index contributed by atoms with van der Waals surface area (Å²) >= 11 is 1.48. The maximum absolute atomic E-state index is 11.4. The first-order chi connectivity index (χ1) is 6.95. The molecular weight excluding hydrogens is 210 g/mol. The topological polar surface area (TPSA) is 39.2 Å². The van der Waals surface area contributed by atoms with Crippen LogP contribution in [0, 0.1) is 12.3 Å². The van der Waals surface area contributed by atoms with Gasteiger partial charge in [-0.3, -0.25) is 0 Å². The highest BCUT2D eigenvalue weighted by atomic mass is 32.1. The van der Waals surface area contributed by atoms with Crippen molar-refractivity contribution in [2.75, 3.05) is 7.11 Å². The minimum absolute atomic E-state index is 0.269. The van der Waals surface area contributed by atoms with E-state index in [1.165, 1.54) is 24.9 Å². The molecule has 1 atom stereocenters. The van der Waals surface area contributed by atoms with Gasteiger partial charge < -0.3 is 4.74 Å². The van der Waals surface area contributed by atoms with E-state index < -0.39 is 0 Å². The van der Waals surface area contributed by atoms with E-state index in [1.807, 2.05) is 6.92 Å². The van der Waals surface area contributed by atoms with Gasteiger partial charge >= 0.3 is 5.97 Å². The molecule has 1 aliphatic rings. The molecule has 1 aromatic heterocycles. The predicted octanol–water partition coefficient (Wildman–Crippen LogP) is 2.75. The number of aromatic nitrogens is 1. The number of aryl methyl sites for hydroxylation is 1. The van der Waals surface area contributed by atoms with Gasteiger partial charge in [-0.05, 0) is 18.8 Å². The van der Waals surface area contributed by atoms with Crippen LogP contribution in [-0.4, -0.2) is 18.1 Å². The number of esters is 1. The summed E-state index contributed by atoms with van der Waals surface area (Å²) in [5.74, 6) is 0.259. The quantitative estimate of drug-likeness (QED) is 0.726. The van der Waals surface area contributed by atoms with Gasteiger partial charge in [0, 0.05) is 5.92 Å². The first-order valence-electron chi connectivity index (χ1n) is 5.01. The van der Waals surface area contributed by atoms with Crippen LogP contribution in [0.1, 0.15) is 46.6 Å². The Bertz CT molecular complexity index is 409. The summed E-state index contributed by atoms with van der Waals surface area (Å²) in [4.78, 5) is 16.5. The number of rotatable bonds is 2. The highest BCUT2D eigenvalue weighted by Crippen LogP contribution is 2.59. The number of carbonyl (C=O) groups excluding carboxylic acids is 1. The fraction of sp³-hybridized carbons (Fsp3) is 0.636. The number of thiazole rings is 1. The molecule has 0 radical (unpaired) electrons. The van der Waals surface area contributed by atoms with E-state index in [0.29, 0.717) is 16.2 Å². The highest BCUT2D eigenvalue weighted by Gasteiger charge is 2.48. The lowest BCUT2D eigenvalue weighted by Gasteiger charge is -1.97. The number of hydrogen-bond donors (Lipinski definition) is 0. The molecule has 0 aromatic carbocycles. The molecule has 1 saturated carbocycles. The number of ether oxygens (including phenoxy) is 1. The third-order valence-electron chi connectivity index (χ3n) is 3.00. The second-order valence-corrected chi connectivity index (χ2v) is 5.73. The van der Waals surface area contributed by atoms with Crippen LogP contribution in [0.15, 0.2) is 0 Å². The summed E-state index contributed by atoms with van der Waals surface area (Å²) in [6.07, 6.45) is 1.17. The standard InChI is InChI=1S/C11H15NO2S/c1-6-8(10(13)14-4)15-9(12-6)7-5-11(7,2)3/h7H,5H2,1-4H3. The van der Waals surface area contributed by atoms with E-state index in [1.54, 1.807) is 0 Å². The van der Waals surface area contributed by atoms with Crippen molar-refractivity contribution in [2.45, 2.75) is 33.1 Å². The molecule has 2 rings (SSSR count). The molecule has 1 heterocycles. The minimum Gasteiger partial charge on any atom is -0.465 e. The van der Waals surface area contributed by atoms with Gasteiger partial charge in [-0.25, -0.2) is 9.78 Å². The summed E-state index contributed by atoms with van der Waals surface area (Å²) in [6, 6.07) is 0. The smallest absolute Gasteiger partial charge is 0.349 e. The molecule has 1 fully saturated rings. The van der Waals surface area contributed by atoms with E-state index in [0.717, 1.165) is 10.7 Å². The lowest BCUT2D eigenvalue weighted by Crippen LogP contribution is -1.99. The molecule has 15 heavy (non-hydrogen) atoms. The van der Waals surface area contributed by atoms with Crippen LogP contribution in [0.25, 0.3) is 0 Å². The molecule has 0 N–H and O–H groups in total. The van der Waals surface area contributed by atoms with Crippen LogP contribution in [0.5, 0.6) is 0 Å². The van der Waals surface area contributed by atoms with E-state index >= 15 is 0 Å². The predicted molar refractivity (Wildman–Crippen MR) is 59.3 cm³/mol. The summed E-state index contributed by atoms with van der Waals surface area (Å²) in [7, 11) is 1.40. The maximum Gasteiger partial charge on any atom is 0.349 e. The molecule has 0 amide bonds. The van der Waals surface area contributed by atoms with Gasteiger partial charge in [-0.1, -0.05) is 13.8 Å². The van der Waals surface area contributed by atoms with E-state index in [4.69, 9.17) is 4.74 Å². The molecule has 3 nitrogen and oxygen atoms in total.